The van der Waals surface area contributed by atoms with Gasteiger partial charge in [0.2, 0.25) is 0 Å². The van der Waals surface area contributed by atoms with E-state index in [-0.39, 0.29) is 16.6 Å². The van der Waals surface area contributed by atoms with Gasteiger partial charge in [-0.1, -0.05) is 11.6 Å². The van der Waals surface area contributed by atoms with Crippen LogP contribution in [-0.4, -0.2) is 41.9 Å². The molecule has 0 spiro atoms. The second-order valence-corrected chi connectivity index (χ2v) is 6.95. The lowest BCUT2D eigenvalue weighted by Crippen LogP contribution is -2.40. The summed E-state index contributed by atoms with van der Waals surface area (Å²) in [5.41, 5.74) is 0.322. The molecule has 126 valence electrons. The molecule has 0 aromatic heterocycles. The van der Waals surface area contributed by atoms with Gasteiger partial charge in [-0.15, -0.1) is 0 Å². The van der Waals surface area contributed by atoms with Crippen molar-refractivity contribution in [3.05, 3.63) is 28.8 Å². The maximum atomic E-state index is 11.8. The molecule has 1 aromatic rings. The second-order valence-electron chi connectivity index (χ2n) is 6.55. The zero-order valence-electron chi connectivity index (χ0n) is 13.4. The normalized spacial score (nSPS) is 17.9. The number of carbonyl (C=O) groups excluding carboxylic acids is 1. The van der Waals surface area contributed by atoms with E-state index in [4.69, 9.17) is 21.4 Å². The summed E-state index contributed by atoms with van der Waals surface area (Å²) in [4.78, 5) is 25.0. The molecule has 6 nitrogen and oxygen atoms in total. The Morgan fingerprint density at radius 1 is 1.39 bits per heavy atom. The highest BCUT2D eigenvalue weighted by Gasteiger charge is 2.27. The molecule has 1 aromatic carbocycles. The van der Waals surface area contributed by atoms with Gasteiger partial charge < -0.3 is 20.1 Å². The monoisotopic (exact) mass is 340 g/mol. The van der Waals surface area contributed by atoms with Crippen LogP contribution in [0, 0.1) is 0 Å². The molecule has 0 radical (unpaired) electrons. The number of nitrogens with zero attached hydrogens (tertiary/aromatic N) is 1. The Labute approximate surface area is 140 Å². The number of carboxylic acids is 1. The zero-order chi connectivity index (χ0) is 17.2. The fourth-order valence-electron chi connectivity index (χ4n) is 2.46. The van der Waals surface area contributed by atoms with Crippen molar-refractivity contribution in [1.29, 1.82) is 0 Å². The van der Waals surface area contributed by atoms with Crippen LogP contribution in [0.15, 0.2) is 18.2 Å². The Balaban J connectivity index is 1.99. The van der Waals surface area contributed by atoms with Gasteiger partial charge in [-0.2, -0.15) is 0 Å². The van der Waals surface area contributed by atoms with E-state index in [2.05, 4.69) is 5.32 Å². The summed E-state index contributed by atoms with van der Waals surface area (Å²) < 4.78 is 5.24. The van der Waals surface area contributed by atoms with Crippen LogP contribution in [0.4, 0.5) is 10.5 Å². The van der Waals surface area contributed by atoms with E-state index in [1.165, 1.54) is 0 Å². The molecule has 7 heteroatoms. The summed E-state index contributed by atoms with van der Waals surface area (Å²) in [6.07, 6.45) is 0.330. The summed E-state index contributed by atoms with van der Waals surface area (Å²) >= 11 is 5.88. The average molecular weight is 341 g/mol. The molecule has 0 bridgehead atoms. The van der Waals surface area contributed by atoms with Crippen molar-refractivity contribution in [2.45, 2.75) is 38.8 Å². The largest absolute Gasteiger partial charge is 0.478 e. The number of carbonyl (C=O) groups is 2. The standard InChI is InChI=1S/C16H21ClN2O4/c1-16(2,3)23-15(22)18-10-6-7-19(9-10)11-4-5-13(17)12(8-11)14(20)21/h4-5,8,10H,6-7,9H2,1-3H3,(H,18,22)(H,20,21). The number of benzene rings is 1. The molecule has 23 heavy (non-hydrogen) atoms. The first kappa shape index (κ1) is 17.4. The predicted molar refractivity (Wildman–Crippen MR) is 88.4 cm³/mol. The number of rotatable bonds is 3. The molecule has 1 saturated heterocycles. The summed E-state index contributed by atoms with van der Waals surface area (Å²) in [5.74, 6) is -1.06. The minimum absolute atomic E-state index is 0.0335. The van der Waals surface area contributed by atoms with Crippen molar-refractivity contribution in [3.63, 3.8) is 0 Å². The quantitative estimate of drug-likeness (QED) is 0.883. The number of hydrogen-bond acceptors (Lipinski definition) is 4. The van der Waals surface area contributed by atoms with Gasteiger partial charge >= 0.3 is 12.1 Å². The van der Waals surface area contributed by atoms with Crippen molar-refractivity contribution >= 4 is 29.4 Å². The fourth-order valence-corrected chi connectivity index (χ4v) is 2.66. The van der Waals surface area contributed by atoms with Crippen LogP contribution in [0.1, 0.15) is 37.6 Å². The molecule has 1 unspecified atom stereocenters. The van der Waals surface area contributed by atoms with Crippen LogP contribution in [0.2, 0.25) is 5.02 Å². The highest BCUT2D eigenvalue weighted by molar-refractivity contribution is 6.33. The Morgan fingerprint density at radius 2 is 2.09 bits per heavy atom. The molecule has 0 aliphatic carbocycles. The van der Waals surface area contributed by atoms with Gasteiger partial charge in [-0.3, -0.25) is 0 Å². The number of alkyl carbamates (subject to hydrolysis) is 1. The lowest BCUT2D eigenvalue weighted by molar-refractivity contribution is 0.0508. The Kier molecular flexibility index (Phi) is 5.04. The topological polar surface area (TPSA) is 78.9 Å². The lowest BCUT2D eigenvalue weighted by Gasteiger charge is -2.22. The molecule has 1 aliphatic heterocycles. The number of carboxylic acid groups (broad SMARTS) is 1. The molecule has 1 atom stereocenters. The number of amides is 1. The Hall–Kier alpha value is -1.95. The molecule has 1 heterocycles. The first-order chi connectivity index (χ1) is 10.7. The Bertz CT molecular complexity index is 613. The first-order valence-electron chi connectivity index (χ1n) is 7.43. The third-order valence-electron chi connectivity index (χ3n) is 3.45. The second kappa shape index (κ2) is 6.66. The van der Waals surface area contributed by atoms with E-state index < -0.39 is 17.7 Å². The minimum Gasteiger partial charge on any atom is -0.478 e. The number of hydrogen-bond donors (Lipinski definition) is 2. The summed E-state index contributed by atoms with van der Waals surface area (Å²) in [6.45, 7) is 6.76. The number of anilines is 1. The molecule has 1 fully saturated rings. The third-order valence-corrected chi connectivity index (χ3v) is 3.78. The Morgan fingerprint density at radius 3 is 2.70 bits per heavy atom. The molecule has 1 amide bonds. The van der Waals surface area contributed by atoms with Crippen LogP contribution in [0.25, 0.3) is 0 Å². The van der Waals surface area contributed by atoms with Crippen molar-refractivity contribution in [2.24, 2.45) is 0 Å². The molecular weight excluding hydrogens is 320 g/mol. The maximum absolute atomic E-state index is 11.8. The lowest BCUT2D eigenvalue weighted by atomic mass is 10.2. The highest BCUT2D eigenvalue weighted by atomic mass is 35.5. The van der Waals surface area contributed by atoms with Crippen LogP contribution in [0.3, 0.4) is 0 Å². The van der Waals surface area contributed by atoms with E-state index in [0.29, 0.717) is 6.54 Å². The van der Waals surface area contributed by atoms with Crippen molar-refractivity contribution in [3.8, 4) is 0 Å². The zero-order valence-corrected chi connectivity index (χ0v) is 14.2. The molecular formula is C16H21ClN2O4. The summed E-state index contributed by atoms with van der Waals surface area (Å²) in [5, 5.41) is 12.2. The molecule has 1 aliphatic rings. The predicted octanol–water partition coefficient (Wildman–Crippen LogP) is 3.14. The smallest absolute Gasteiger partial charge is 0.407 e. The van der Waals surface area contributed by atoms with Gasteiger partial charge in [-0.25, -0.2) is 9.59 Å². The summed E-state index contributed by atoms with van der Waals surface area (Å²) in [6, 6.07) is 4.88. The number of ether oxygens (including phenoxy) is 1. The summed E-state index contributed by atoms with van der Waals surface area (Å²) in [7, 11) is 0. The number of aromatic carboxylic acids is 1. The molecule has 2 rings (SSSR count). The van der Waals surface area contributed by atoms with E-state index in [9.17, 15) is 9.59 Å². The first-order valence-corrected chi connectivity index (χ1v) is 7.81. The van der Waals surface area contributed by atoms with Gasteiger partial charge in [0, 0.05) is 18.8 Å². The average Bonchev–Trinajstić information content (AvgIpc) is 2.84. The highest BCUT2D eigenvalue weighted by Crippen LogP contribution is 2.26. The van der Waals surface area contributed by atoms with Crippen molar-refractivity contribution in [1.82, 2.24) is 5.32 Å². The number of nitrogens with one attached hydrogen (secondary N) is 1. The van der Waals surface area contributed by atoms with E-state index >= 15 is 0 Å². The fraction of sp³-hybridized carbons (Fsp3) is 0.500. The van der Waals surface area contributed by atoms with Gasteiger partial charge in [0.25, 0.3) is 0 Å². The van der Waals surface area contributed by atoms with Gasteiger partial charge in [-0.05, 0) is 45.4 Å². The van der Waals surface area contributed by atoms with Gasteiger partial charge in [0.15, 0.2) is 0 Å². The van der Waals surface area contributed by atoms with Crippen molar-refractivity contribution < 1.29 is 19.4 Å². The molecule has 2 N–H and O–H groups in total. The van der Waals surface area contributed by atoms with E-state index in [1.807, 2.05) is 25.7 Å². The van der Waals surface area contributed by atoms with Crippen LogP contribution in [-0.2, 0) is 4.74 Å². The van der Waals surface area contributed by atoms with Gasteiger partial charge in [0.1, 0.15) is 5.60 Å². The van der Waals surface area contributed by atoms with Crippen LogP contribution < -0.4 is 10.2 Å². The molecule has 0 saturated carbocycles. The number of halogens is 1. The minimum atomic E-state index is -1.06. The van der Waals surface area contributed by atoms with E-state index in [1.54, 1.807) is 18.2 Å². The van der Waals surface area contributed by atoms with E-state index in [0.717, 1.165) is 18.7 Å². The van der Waals surface area contributed by atoms with Gasteiger partial charge in [0.05, 0.1) is 16.6 Å². The SMILES string of the molecule is CC(C)(C)OC(=O)NC1CCN(c2ccc(Cl)c(C(=O)O)c2)C1. The maximum Gasteiger partial charge on any atom is 0.407 e. The third kappa shape index (κ3) is 4.76. The van der Waals surface area contributed by atoms with Crippen LogP contribution >= 0.6 is 11.6 Å². The van der Waals surface area contributed by atoms with Crippen molar-refractivity contribution in [2.75, 3.05) is 18.0 Å². The van der Waals surface area contributed by atoms with Crippen LogP contribution in [0.5, 0.6) is 0 Å².